The van der Waals surface area contributed by atoms with Crippen LogP contribution in [0.15, 0.2) is 0 Å². The van der Waals surface area contributed by atoms with Crippen molar-refractivity contribution in [2.75, 3.05) is 19.6 Å². The molecule has 110 valence electrons. The van der Waals surface area contributed by atoms with E-state index < -0.39 is 5.60 Å². The third-order valence-corrected chi connectivity index (χ3v) is 4.10. The van der Waals surface area contributed by atoms with Gasteiger partial charge in [0, 0.05) is 25.7 Å². The van der Waals surface area contributed by atoms with Crippen LogP contribution in [0.2, 0.25) is 0 Å². The molecule has 19 heavy (non-hydrogen) atoms. The smallest absolute Gasteiger partial charge is 0.407 e. The Morgan fingerprint density at radius 2 is 1.89 bits per heavy atom. The third-order valence-electron chi connectivity index (χ3n) is 4.10. The highest BCUT2D eigenvalue weighted by Crippen LogP contribution is 2.37. The Balaban J connectivity index is 1.70. The summed E-state index contributed by atoms with van der Waals surface area (Å²) >= 11 is 0. The fraction of sp³-hybridized carbons (Fsp3) is 0.933. The van der Waals surface area contributed by atoms with Gasteiger partial charge >= 0.3 is 6.09 Å². The van der Waals surface area contributed by atoms with Crippen LogP contribution in [-0.2, 0) is 4.74 Å². The molecule has 0 aromatic heterocycles. The molecule has 2 aliphatic rings. The number of hydrogen-bond acceptors (Lipinski definition) is 3. The lowest BCUT2D eigenvalue weighted by atomic mass is 10.0. The maximum atomic E-state index is 11.7. The molecule has 3 atom stereocenters. The van der Waals surface area contributed by atoms with E-state index >= 15 is 0 Å². The summed E-state index contributed by atoms with van der Waals surface area (Å²) in [4.78, 5) is 14.2. The van der Waals surface area contributed by atoms with Gasteiger partial charge in [0.2, 0.25) is 0 Å². The quantitative estimate of drug-likeness (QED) is 0.855. The number of likely N-dealkylation sites (tertiary alicyclic amines) is 1. The van der Waals surface area contributed by atoms with Gasteiger partial charge in [0.25, 0.3) is 0 Å². The van der Waals surface area contributed by atoms with E-state index in [9.17, 15) is 4.79 Å². The lowest BCUT2D eigenvalue weighted by Gasteiger charge is -2.25. The van der Waals surface area contributed by atoms with Gasteiger partial charge in [-0.25, -0.2) is 4.79 Å². The Morgan fingerprint density at radius 3 is 2.42 bits per heavy atom. The molecule has 1 heterocycles. The number of fused-ring (bicyclic) bond motifs is 1. The van der Waals surface area contributed by atoms with Gasteiger partial charge in [-0.3, -0.25) is 0 Å². The van der Waals surface area contributed by atoms with E-state index in [1.54, 1.807) is 0 Å². The summed E-state index contributed by atoms with van der Waals surface area (Å²) < 4.78 is 5.28. The summed E-state index contributed by atoms with van der Waals surface area (Å²) in [6.45, 7) is 11.1. The molecule has 1 aliphatic carbocycles. The van der Waals surface area contributed by atoms with E-state index in [2.05, 4.69) is 17.1 Å². The first kappa shape index (κ1) is 14.6. The van der Waals surface area contributed by atoms with Crippen LogP contribution >= 0.6 is 0 Å². The van der Waals surface area contributed by atoms with Crippen molar-refractivity contribution in [2.45, 2.75) is 58.6 Å². The topological polar surface area (TPSA) is 41.6 Å². The molecule has 1 aliphatic heterocycles. The number of carbonyl (C=O) groups is 1. The van der Waals surface area contributed by atoms with Crippen LogP contribution in [0.3, 0.4) is 0 Å². The fourth-order valence-corrected chi connectivity index (χ4v) is 3.42. The van der Waals surface area contributed by atoms with Crippen molar-refractivity contribution < 1.29 is 9.53 Å². The summed E-state index contributed by atoms with van der Waals surface area (Å²) in [6.07, 6.45) is 3.90. The van der Waals surface area contributed by atoms with E-state index in [1.165, 1.54) is 32.4 Å². The summed E-state index contributed by atoms with van der Waals surface area (Å²) in [6, 6.07) is 0.147. The van der Waals surface area contributed by atoms with Crippen molar-refractivity contribution in [2.24, 2.45) is 11.8 Å². The first-order valence-electron chi connectivity index (χ1n) is 7.55. The van der Waals surface area contributed by atoms with Crippen molar-refractivity contribution >= 4 is 6.09 Å². The first-order chi connectivity index (χ1) is 8.83. The predicted molar refractivity (Wildman–Crippen MR) is 76.1 cm³/mol. The SMILES string of the molecule is C[C@H](CN1CC2CCCC2C1)NC(=O)OC(C)(C)C. The van der Waals surface area contributed by atoms with Crippen LogP contribution in [0.25, 0.3) is 0 Å². The number of rotatable bonds is 3. The minimum Gasteiger partial charge on any atom is -0.444 e. The van der Waals surface area contributed by atoms with Gasteiger partial charge in [0.1, 0.15) is 5.60 Å². The molecule has 0 aromatic rings. The monoisotopic (exact) mass is 268 g/mol. The summed E-state index contributed by atoms with van der Waals surface area (Å²) in [7, 11) is 0. The minimum absolute atomic E-state index is 0.147. The van der Waals surface area contributed by atoms with Gasteiger partial charge < -0.3 is 15.0 Å². The van der Waals surface area contributed by atoms with Gasteiger partial charge in [-0.2, -0.15) is 0 Å². The number of nitrogens with one attached hydrogen (secondary N) is 1. The van der Waals surface area contributed by atoms with Crippen LogP contribution < -0.4 is 5.32 Å². The second-order valence-corrected chi connectivity index (χ2v) is 7.22. The van der Waals surface area contributed by atoms with Crippen molar-refractivity contribution in [1.82, 2.24) is 10.2 Å². The highest BCUT2D eigenvalue weighted by atomic mass is 16.6. The number of hydrogen-bond donors (Lipinski definition) is 1. The van der Waals surface area contributed by atoms with Crippen LogP contribution in [0, 0.1) is 11.8 Å². The normalized spacial score (nSPS) is 29.1. The lowest BCUT2D eigenvalue weighted by Crippen LogP contribution is -2.43. The van der Waals surface area contributed by atoms with E-state index in [0.717, 1.165) is 18.4 Å². The zero-order valence-corrected chi connectivity index (χ0v) is 12.7. The van der Waals surface area contributed by atoms with E-state index in [-0.39, 0.29) is 12.1 Å². The summed E-state index contributed by atoms with van der Waals surface area (Å²) in [5, 5.41) is 2.93. The van der Waals surface area contributed by atoms with Crippen LogP contribution in [0.5, 0.6) is 0 Å². The maximum Gasteiger partial charge on any atom is 0.407 e. The molecule has 1 saturated carbocycles. The van der Waals surface area contributed by atoms with Crippen LogP contribution in [0.1, 0.15) is 47.0 Å². The van der Waals surface area contributed by atoms with Gasteiger partial charge in [-0.15, -0.1) is 0 Å². The molecular weight excluding hydrogens is 240 g/mol. The standard InChI is InChI=1S/C15H28N2O2/c1-11(16-14(18)19-15(2,3)4)8-17-9-12-6-5-7-13(12)10-17/h11-13H,5-10H2,1-4H3,(H,16,18)/t11-,12?,13?/m1/s1. The molecule has 0 bridgehead atoms. The Morgan fingerprint density at radius 1 is 1.32 bits per heavy atom. The maximum absolute atomic E-state index is 11.7. The molecule has 0 aromatic carbocycles. The second kappa shape index (κ2) is 5.70. The molecule has 2 unspecified atom stereocenters. The zero-order chi connectivity index (χ0) is 14.0. The summed E-state index contributed by atoms with van der Waals surface area (Å²) in [5.74, 6) is 1.82. The highest BCUT2D eigenvalue weighted by Gasteiger charge is 2.36. The Hall–Kier alpha value is -0.770. The van der Waals surface area contributed by atoms with Crippen molar-refractivity contribution in [3.63, 3.8) is 0 Å². The average Bonchev–Trinajstić information content (AvgIpc) is 2.73. The zero-order valence-electron chi connectivity index (χ0n) is 12.7. The third kappa shape index (κ3) is 4.37. The number of carbonyl (C=O) groups excluding carboxylic acids is 1. The molecular formula is C15H28N2O2. The predicted octanol–water partition coefficient (Wildman–Crippen LogP) is 2.63. The molecule has 0 spiro atoms. The summed E-state index contributed by atoms with van der Waals surface area (Å²) in [5.41, 5.74) is -0.422. The van der Waals surface area contributed by atoms with E-state index in [1.807, 2.05) is 20.8 Å². The molecule has 4 heteroatoms. The van der Waals surface area contributed by atoms with Gasteiger partial charge in [-0.05, 0) is 52.4 Å². The van der Waals surface area contributed by atoms with E-state index in [0.29, 0.717) is 0 Å². The molecule has 2 fully saturated rings. The largest absolute Gasteiger partial charge is 0.444 e. The van der Waals surface area contributed by atoms with Crippen molar-refractivity contribution in [3.05, 3.63) is 0 Å². The van der Waals surface area contributed by atoms with Crippen LogP contribution in [-0.4, -0.2) is 42.3 Å². The van der Waals surface area contributed by atoms with Gasteiger partial charge in [0.05, 0.1) is 0 Å². The molecule has 0 radical (unpaired) electrons. The number of ether oxygens (including phenoxy) is 1. The molecule has 1 N–H and O–H groups in total. The Bertz CT molecular complexity index is 313. The molecule has 4 nitrogen and oxygen atoms in total. The molecule has 1 saturated heterocycles. The van der Waals surface area contributed by atoms with Crippen molar-refractivity contribution in [3.8, 4) is 0 Å². The second-order valence-electron chi connectivity index (χ2n) is 7.22. The fourth-order valence-electron chi connectivity index (χ4n) is 3.42. The van der Waals surface area contributed by atoms with Gasteiger partial charge in [-0.1, -0.05) is 6.42 Å². The first-order valence-corrected chi connectivity index (χ1v) is 7.55. The number of amides is 1. The lowest BCUT2D eigenvalue weighted by molar-refractivity contribution is 0.0499. The average molecular weight is 268 g/mol. The Kier molecular flexibility index (Phi) is 4.39. The van der Waals surface area contributed by atoms with Gasteiger partial charge in [0.15, 0.2) is 0 Å². The Labute approximate surface area is 116 Å². The number of nitrogens with zero attached hydrogens (tertiary/aromatic N) is 1. The highest BCUT2D eigenvalue weighted by molar-refractivity contribution is 5.68. The van der Waals surface area contributed by atoms with E-state index in [4.69, 9.17) is 4.74 Å². The molecule has 1 amide bonds. The number of alkyl carbamates (subject to hydrolysis) is 1. The van der Waals surface area contributed by atoms with Crippen LogP contribution in [0.4, 0.5) is 4.79 Å². The minimum atomic E-state index is -0.422. The molecule has 2 rings (SSSR count). The van der Waals surface area contributed by atoms with Crippen molar-refractivity contribution in [1.29, 1.82) is 0 Å².